The van der Waals surface area contributed by atoms with E-state index in [4.69, 9.17) is 32.9 Å². The summed E-state index contributed by atoms with van der Waals surface area (Å²) in [5.41, 5.74) is 6.17. The predicted octanol–water partition coefficient (Wildman–Crippen LogP) is 5.14. The van der Waals surface area contributed by atoms with Crippen molar-refractivity contribution in [2.45, 2.75) is 50.9 Å². The molecule has 5 heterocycles. The van der Waals surface area contributed by atoms with Crippen molar-refractivity contribution in [2.75, 3.05) is 20.2 Å². The lowest BCUT2D eigenvalue weighted by molar-refractivity contribution is -0.120. The van der Waals surface area contributed by atoms with Gasteiger partial charge in [-0.15, -0.1) is 0 Å². The van der Waals surface area contributed by atoms with E-state index in [1.165, 1.54) is 10.5 Å². The van der Waals surface area contributed by atoms with Gasteiger partial charge in [-0.3, -0.25) is 18.8 Å². The summed E-state index contributed by atoms with van der Waals surface area (Å²) in [4.78, 5) is 45.6. The Kier molecular flexibility index (Phi) is 10.3. The summed E-state index contributed by atoms with van der Waals surface area (Å²) < 4.78 is 7.15. The number of hydrogen-bond acceptors (Lipinski definition) is 8. The zero-order valence-corrected chi connectivity index (χ0v) is 29.5. The minimum absolute atomic E-state index is 0.0696. The van der Waals surface area contributed by atoms with Crippen LogP contribution in [0, 0.1) is 0 Å². The molecule has 2 aliphatic rings. The lowest BCUT2D eigenvalue weighted by Gasteiger charge is -2.16. The highest BCUT2D eigenvalue weighted by Crippen LogP contribution is 2.42. The van der Waals surface area contributed by atoms with Gasteiger partial charge in [-0.05, 0) is 31.0 Å². The van der Waals surface area contributed by atoms with Crippen LogP contribution in [0.5, 0.6) is 5.88 Å². The van der Waals surface area contributed by atoms with Crippen LogP contribution in [0.25, 0.3) is 39.2 Å². The molecule has 262 valence electrons. The topological polar surface area (TPSA) is 139 Å². The Labute approximate surface area is 304 Å². The molecule has 0 radical (unpaired) electrons. The molecule has 7 rings (SSSR count). The summed E-state index contributed by atoms with van der Waals surface area (Å²) >= 11 is 14.2. The molecule has 2 amide bonds. The number of benzene rings is 2. The minimum atomic E-state index is -0.206. The van der Waals surface area contributed by atoms with E-state index in [2.05, 4.69) is 26.3 Å². The van der Waals surface area contributed by atoms with Crippen molar-refractivity contribution in [2.24, 2.45) is 0 Å². The number of rotatable bonds is 12. The maximum atomic E-state index is 13.2. The van der Waals surface area contributed by atoms with Crippen LogP contribution in [-0.2, 0) is 22.7 Å². The van der Waals surface area contributed by atoms with Crippen LogP contribution in [-0.4, -0.2) is 58.5 Å². The first-order valence-electron chi connectivity index (χ1n) is 16.9. The molecule has 0 bridgehead atoms. The zero-order chi connectivity index (χ0) is 35.5. The van der Waals surface area contributed by atoms with Crippen molar-refractivity contribution < 1.29 is 14.3 Å². The summed E-state index contributed by atoms with van der Waals surface area (Å²) in [5.74, 6) is 0.647. The van der Waals surface area contributed by atoms with Crippen molar-refractivity contribution >= 4 is 40.7 Å². The van der Waals surface area contributed by atoms with Gasteiger partial charge in [-0.1, -0.05) is 65.7 Å². The lowest BCUT2D eigenvalue weighted by Crippen LogP contribution is -2.35. The number of carbonyl (C=O) groups excluding carboxylic acids is 2. The fraction of sp³-hybridized carbons (Fsp3) is 0.289. The quantitative estimate of drug-likeness (QED) is 0.139. The van der Waals surface area contributed by atoms with Crippen molar-refractivity contribution in [3.8, 4) is 39.4 Å². The average Bonchev–Trinajstić information content (AvgIpc) is 3.75. The summed E-state index contributed by atoms with van der Waals surface area (Å²) in [6, 6.07) is 20.8. The fourth-order valence-electron chi connectivity index (χ4n) is 6.65. The molecular weight excluding hydrogens is 689 g/mol. The van der Waals surface area contributed by atoms with Crippen molar-refractivity contribution in [3.63, 3.8) is 0 Å². The maximum Gasteiger partial charge on any atom is 0.258 e. The highest BCUT2D eigenvalue weighted by atomic mass is 35.5. The minimum Gasteiger partial charge on any atom is -0.481 e. The molecule has 0 saturated carbocycles. The number of fused-ring (bicyclic) bond motifs is 1. The normalized spacial score (nSPS) is 17.2. The second-order valence-corrected chi connectivity index (χ2v) is 13.6. The fourth-order valence-corrected chi connectivity index (χ4v) is 7.31. The number of nitrogens with one attached hydrogen (secondary N) is 4. The number of hydrogen-bond donors (Lipinski definition) is 4. The van der Waals surface area contributed by atoms with Crippen molar-refractivity contribution in [3.05, 3.63) is 105 Å². The Balaban J connectivity index is 1.10. The van der Waals surface area contributed by atoms with Gasteiger partial charge in [-0.2, -0.15) is 0 Å². The van der Waals surface area contributed by atoms with E-state index in [0.29, 0.717) is 72.0 Å². The van der Waals surface area contributed by atoms with Crippen LogP contribution >= 0.6 is 23.2 Å². The molecule has 2 atom stereocenters. The first kappa shape index (κ1) is 34.6. The summed E-state index contributed by atoms with van der Waals surface area (Å²) in [6.07, 6.45) is 4.48. The highest BCUT2D eigenvalue weighted by molar-refractivity contribution is 6.39. The first-order chi connectivity index (χ1) is 24.8. The number of nitrogens with zero attached hydrogens (tertiary/aromatic N) is 3. The van der Waals surface area contributed by atoms with E-state index in [9.17, 15) is 14.4 Å². The van der Waals surface area contributed by atoms with E-state index < -0.39 is 0 Å². The molecule has 2 fully saturated rings. The third-order valence-electron chi connectivity index (χ3n) is 9.29. The molecule has 2 aromatic carbocycles. The molecule has 51 heavy (non-hydrogen) atoms. The molecule has 2 aliphatic heterocycles. The molecule has 0 spiro atoms. The van der Waals surface area contributed by atoms with Gasteiger partial charge in [0.05, 0.1) is 28.5 Å². The Hall–Kier alpha value is -4.81. The van der Waals surface area contributed by atoms with Gasteiger partial charge in [-0.25, -0.2) is 9.97 Å². The summed E-state index contributed by atoms with van der Waals surface area (Å²) in [6.45, 7) is 2.24. The Morgan fingerprint density at radius 2 is 1.41 bits per heavy atom. The molecule has 11 nitrogen and oxygen atoms in total. The van der Waals surface area contributed by atoms with E-state index in [1.807, 2.05) is 54.6 Å². The largest absolute Gasteiger partial charge is 0.481 e. The summed E-state index contributed by atoms with van der Waals surface area (Å²) in [7, 11) is 1.59. The number of carbonyl (C=O) groups is 2. The Morgan fingerprint density at radius 1 is 0.784 bits per heavy atom. The number of pyridine rings is 2. The smallest absolute Gasteiger partial charge is 0.258 e. The van der Waals surface area contributed by atoms with Crippen LogP contribution in [0.15, 0.2) is 77.7 Å². The average molecular weight is 727 g/mol. The van der Waals surface area contributed by atoms with Crippen LogP contribution in [0.2, 0.25) is 10.0 Å². The highest BCUT2D eigenvalue weighted by Gasteiger charge is 2.22. The van der Waals surface area contributed by atoms with Gasteiger partial charge in [0.25, 0.3) is 5.56 Å². The van der Waals surface area contributed by atoms with Crippen LogP contribution in [0.1, 0.15) is 36.9 Å². The van der Waals surface area contributed by atoms with E-state index in [1.54, 1.807) is 19.4 Å². The van der Waals surface area contributed by atoms with Gasteiger partial charge in [0.1, 0.15) is 5.65 Å². The second kappa shape index (κ2) is 15.2. The van der Waals surface area contributed by atoms with Crippen molar-refractivity contribution in [1.82, 2.24) is 35.6 Å². The first-order valence-corrected chi connectivity index (χ1v) is 17.7. The Morgan fingerprint density at radius 3 is 2.06 bits per heavy atom. The van der Waals surface area contributed by atoms with Crippen LogP contribution < -0.4 is 31.6 Å². The van der Waals surface area contributed by atoms with Crippen LogP contribution in [0.4, 0.5) is 0 Å². The molecule has 2 saturated heterocycles. The standard InChI is InChI=1S/C38H37Cl2N7O4/c1-51-38-22(17-41-18-24-10-14-33(48)44-24)8-12-31(46-38)30-7-3-6-29(37(30)40)28-5-2-4-27(36(28)39)23-9-13-32-43-26(16-35(50)47(32)21-23)20-42-19-25-11-15-34(49)45-25/h2-9,12-13,16,21,24-25,41-42H,10-11,14-15,17-20H2,1H3,(H,44,48)(H,45,49)/t24-,25+/m1/s1. The van der Waals surface area contributed by atoms with E-state index in [-0.39, 0.29) is 29.5 Å². The van der Waals surface area contributed by atoms with Gasteiger partial charge in [0.15, 0.2) is 0 Å². The van der Waals surface area contributed by atoms with Gasteiger partial charge < -0.3 is 26.0 Å². The number of amides is 2. The Bertz CT molecular complexity index is 2190. The number of methoxy groups -OCH3 is 1. The monoisotopic (exact) mass is 725 g/mol. The molecule has 3 aromatic heterocycles. The van der Waals surface area contributed by atoms with Gasteiger partial charge in [0.2, 0.25) is 17.7 Å². The number of ether oxygens (including phenoxy) is 1. The number of halogens is 2. The molecule has 5 aromatic rings. The van der Waals surface area contributed by atoms with E-state index >= 15 is 0 Å². The SMILES string of the molecule is COc1nc(-c2cccc(-c3cccc(-c4ccc5nc(CNC[C@@H]6CCC(=O)N6)cc(=O)n5c4)c3Cl)c2Cl)ccc1CNC[C@H]1CCC(=O)N1. The molecule has 4 N–H and O–H groups in total. The second-order valence-electron chi connectivity index (χ2n) is 12.8. The van der Waals surface area contributed by atoms with E-state index in [0.717, 1.165) is 46.2 Å². The zero-order valence-electron chi connectivity index (χ0n) is 28.0. The number of aromatic nitrogens is 3. The predicted molar refractivity (Wildman–Crippen MR) is 198 cm³/mol. The third-order valence-corrected chi connectivity index (χ3v) is 10.1. The maximum absolute atomic E-state index is 13.2. The summed E-state index contributed by atoms with van der Waals surface area (Å²) in [5, 5.41) is 13.6. The lowest BCUT2D eigenvalue weighted by atomic mass is 9.97. The molecule has 0 aliphatic carbocycles. The third kappa shape index (κ3) is 7.62. The van der Waals surface area contributed by atoms with Crippen molar-refractivity contribution in [1.29, 1.82) is 0 Å². The molecule has 13 heteroatoms. The molecule has 0 unspecified atom stereocenters. The molecular formula is C38H37Cl2N7O4. The van der Waals surface area contributed by atoms with Gasteiger partial charge in [0, 0.05) is 96.7 Å². The van der Waals surface area contributed by atoms with Gasteiger partial charge >= 0.3 is 0 Å². The van der Waals surface area contributed by atoms with Crippen LogP contribution in [0.3, 0.4) is 0 Å².